The Balaban J connectivity index is 1.83. The zero-order chi connectivity index (χ0) is 14.3. The van der Waals surface area contributed by atoms with Crippen LogP contribution in [0.25, 0.3) is 0 Å². The molecule has 2 aromatic rings. The van der Waals surface area contributed by atoms with Crippen molar-refractivity contribution in [3.63, 3.8) is 0 Å². The van der Waals surface area contributed by atoms with Crippen molar-refractivity contribution >= 4 is 11.9 Å². The maximum absolute atomic E-state index is 12.2. The Morgan fingerprint density at radius 1 is 1.30 bits per heavy atom. The molecule has 1 amide bonds. The first-order chi connectivity index (χ1) is 9.54. The van der Waals surface area contributed by atoms with Gasteiger partial charge in [-0.15, -0.1) is 5.10 Å². The number of hydrogen-bond donors (Lipinski definition) is 2. The monoisotopic (exact) mass is 272 g/mol. The molecule has 0 unspecified atom stereocenters. The first-order valence-corrected chi connectivity index (χ1v) is 6.08. The van der Waals surface area contributed by atoms with Gasteiger partial charge in [-0.1, -0.05) is 6.07 Å². The lowest BCUT2D eigenvalue weighted by molar-refractivity contribution is 0.0696. The molecule has 7 nitrogen and oxygen atoms in total. The third kappa shape index (κ3) is 2.03. The van der Waals surface area contributed by atoms with Crippen LogP contribution in [-0.2, 0) is 13.1 Å². The van der Waals surface area contributed by atoms with Crippen LogP contribution in [0.3, 0.4) is 0 Å². The number of fused-ring (bicyclic) bond motifs is 1. The highest BCUT2D eigenvalue weighted by molar-refractivity contribution is 5.91. The summed E-state index contributed by atoms with van der Waals surface area (Å²) in [5, 5.41) is 15.4. The second kappa shape index (κ2) is 4.44. The molecular weight excluding hydrogens is 260 g/mol. The molecule has 0 radical (unpaired) electrons. The van der Waals surface area contributed by atoms with Gasteiger partial charge in [0.25, 0.3) is 5.91 Å². The topological polar surface area (TPSA) is 99.2 Å². The first kappa shape index (κ1) is 12.3. The molecule has 0 aliphatic carbocycles. The maximum atomic E-state index is 12.2. The van der Waals surface area contributed by atoms with Crippen molar-refractivity contribution in [2.45, 2.75) is 20.0 Å². The van der Waals surface area contributed by atoms with Crippen LogP contribution >= 0.6 is 0 Å². The number of nitrogens with zero attached hydrogens (tertiary/aromatic N) is 3. The summed E-state index contributed by atoms with van der Waals surface area (Å²) in [6.45, 7) is 2.55. The standard InChI is InChI=1S/C13H12N4O3/c1-7-14-11(16-15-7)12(18)17-5-9-3-2-8(13(19)20)4-10(9)6-17/h2-4H,5-6H2,1H3,(H,19,20)(H,14,15,16). The molecule has 20 heavy (non-hydrogen) atoms. The smallest absolute Gasteiger partial charge is 0.335 e. The van der Waals surface area contributed by atoms with E-state index in [0.29, 0.717) is 18.9 Å². The van der Waals surface area contributed by atoms with Crippen LogP contribution in [0.15, 0.2) is 18.2 Å². The summed E-state index contributed by atoms with van der Waals surface area (Å²) in [4.78, 5) is 28.8. The molecule has 1 aliphatic heterocycles. The summed E-state index contributed by atoms with van der Waals surface area (Å²) in [6, 6.07) is 4.90. The first-order valence-electron chi connectivity index (χ1n) is 6.08. The number of amides is 1. The number of carboxylic acid groups (broad SMARTS) is 1. The van der Waals surface area contributed by atoms with Gasteiger partial charge < -0.3 is 10.0 Å². The number of aryl methyl sites for hydroxylation is 1. The van der Waals surface area contributed by atoms with Crippen LogP contribution in [0.1, 0.15) is 37.9 Å². The Kier molecular flexibility index (Phi) is 2.74. The molecule has 0 spiro atoms. The van der Waals surface area contributed by atoms with Gasteiger partial charge in [-0.25, -0.2) is 9.78 Å². The van der Waals surface area contributed by atoms with Gasteiger partial charge in [0.15, 0.2) is 0 Å². The number of aromatic nitrogens is 3. The Labute approximate surface area is 114 Å². The molecule has 0 saturated heterocycles. The zero-order valence-electron chi connectivity index (χ0n) is 10.8. The van der Waals surface area contributed by atoms with E-state index in [1.165, 1.54) is 0 Å². The van der Waals surface area contributed by atoms with Gasteiger partial charge in [-0.05, 0) is 30.2 Å². The molecule has 1 aromatic carbocycles. The number of aromatic amines is 1. The van der Waals surface area contributed by atoms with Gasteiger partial charge in [-0.2, -0.15) is 0 Å². The van der Waals surface area contributed by atoms with E-state index in [0.717, 1.165) is 11.1 Å². The number of carbonyl (C=O) groups excluding carboxylic acids is 1. The molecule has 0 bridgehead atoms. The van der Waals surface area contributed by atoms with Gasteiger partial charge in [0, 0.05) is 13.1 Å². The Morgan fingerprint density at radius 3 is 2.70 bits per heavy atom. The summed E-state index contributed by atoms with van der Waals surface area (Å²) in [7, 11) is 0. The summed E-state index contributed by atoms with van der Waals surface area (Å²) in [5.41, 5.74) is 2.04. The van der Waals surface area contributed by atoms with E-state index in [-0.39, 0.29) is 17.3 Å². The Bertz CT molecular complexity index is 707. The molecule has 1 aliphatic rings. The number of aromatic carboxylic acids is 1. The van der Waals surface area contributed by atoms with Crippen LogP contribution in [0.2, 0.25) is 0 Å². The molecule has 2 heterocycles. The average molecular weight is 272 g/mol. The van der Waals surface area contributed by atoms with E-state index in [2.05, 4.69) is 15.2 Å². The minimum absolute atomic E-state index is 0.133. The van der Waals surface area contributed by atoms with Crippen molar-refractivity contribution in [1.82, 2.24) is 20.1 Å². The van der Waals surface area contributed by atoms with E-state index in [4.69, 9.17) is 5.11 Å². The van der Waals surface area contributed by atoms with Crippen molar-refractivity contribution in [3.05, 3.63) is 46.5 Å². The highest BCUT2D eigenvalue weighted by Gasteiger charge is 2.27. The van der Waals surface area contributed by atoms with Crippen molar-refractivity contribution in [2.24, 2.45) is 0 Å². The number of rotatable bonds is 2. The number of hydrogen-bond acceptors (Lipinski definition) is 4. The lowest BCUT2D eigenvalue weighted by atomic mass is 10.1. The largest absolute Gasteiger partial charge is 0.478 e. The predicted octanol–water partition coefficient (Wildman–Crippen LogP) is 0.967. The van der Waals surface area contributed by atoms with E-state index in [1.807, 2.05) is 0 Å². The SMILES string of the molecule is Cc1nc(C(=O)N2Cc3ccc(C(=O)O)cc3C2)n[nH]1. The Morgan fingerprint density at radius 2 is 2.05 bits per heavy atom. The van der Waals surface area contributed by atoms with Crippen molar-refractivity contribution in [2.75, 3.05) is 0 Å². The highest BCUT2D eigenvalue weighted by Crippen LogP contribution is 2.24. The van der Waals surface area contributed by atoms with Crippen molar-refractivity contribution < 1.29 is 14.7 Å². The number of carbonyl (C=O) groups is 2. The van der Waals surface area contributed by atoms with E-state index in [1.54, 1.807) is 30.0 Å². The third-order valence-electron chi connectivity index (χ3n) is 3.25. The lowest BCUT2D eigenvalue weighted by Crippen LogP contribution is -2.26. The van der Waals surface area contributed by atoms with Gasteiger partial charge >= 0.3 is 5.97 Å². The summed E-state index contributed by atoms with van der Waals surface area (Å²) in [5.74, 6) is -0.517. The number of carboxylic acids is 1. The van der Waals surface area contributed by atoms with Crippen LogP contribution in [-0.4, -0.2) is 37.1 Å². The van der Waals surface area contributed by atoms with Gasteiger partial charge in [0.1, 0.15) is 5.82 Å². The predicted molar refractivity (Wildman–Crippen MR) is 68.1 cm³/mol. The summed E-state index contributed by atoms with van der Waals surface area (Å²) < 4.78 is 0. The van der Waals surface area contributed by atoms with Gasteiger partial charge in [-0.3, -0.25) is 9.89 Å². The third-order valence-corrected chi connectivity index (χ3v) is 3.25. The van der Waals surface area contributed by atoms with E-state index >= 15 is 0 Å². The zero-order valence-corrected chi connectivity index (χ0v) is 10.8. The lowest BCUT2D eigenvalue weighted by Gasteiger charge is -2.12. The number of H-pyrrole nitrogens is 1. The second-order valence-corrected chi connectivity index (χ2v) is 4.69. The quantitative estimate of drug-likeness (QED) is 0.848. The van der Waals surface area contributed by atoms with Crippen LogP contribution in [0.4, 0.5) is 0 Å². The molecule has 0 saturated carbocycles. The molecule has 2 N–H and O–H groups in total. The number of nitrogens with one attached hydrogen (secondary N) is 1. The second-order valence-electron chi connectivity index (χ2n) is 4.69. The molecule has 0 fully saturated rings. The van der Waals surface area contributed by atoms with Gasteiger partial charge in [0.2, 0.25) is 5.82 Å². The molecule has 3 rings (SSSR count). The fourth-order valence-corrected chi connectivity index (χ4v) is 2.25. The normalized spacial score (nSPS) is 13.3. The van der Waals surface area contributed by atoms with E-state index in [9.17, 15) is 9.59 Å². The minimum atomic E-state index is -0.970. The fourth-order valence-electron chi connectivity index (χ4n) is 2.25. The maximum Gasteiger partial charge on any atom is 0.335 e. The van der Waals surface area contributed by atoms with Crippen LogP contribution in [0, 0.1) is 6.92 Å². The van der Waals surface area contributed by atoms with Crippen LogP contribution in [0.5, 0.6) is 0 Å². The number of benzene rings is 1. The van der Waals surface area contributed by atoms with Crippen molar-refractivity contribution in [1.29, 1.82) is 0 Å². The van der Waals surface area contributed by atoms with Gasteiger partial charge in [0.05, 0.1) is 5.56 Å². The Hall–Kier alpha value is -2.70. The summed E-state index contributed by atoms with van der Waals surface area (Å²) >= 11 is 0. The summed E-state index contributed by atoms with van der Waals surface area (Å²) in [6.07, 6.45) is 0. The minimum Gasteiger partial charge on any atom is -0.478 e. The fraction of sp³-hybridized carbons (Fsp3) is 0.231. The van der Waals surface area contributed by atoms with Crippen LogP contribution < -0.4 is 0 Å². The molecule has 0 atom stereocenters. The average Bonchev–Trinajstić information content (AvgIpc) is 3.02. The molecule has 102 valence electrons. The highest BCUT2D eigenvalue weighted by atomic mass is 16.4. The molecule has 1 aromatic heterocycles. The van der Waals surface area contributed by atoms with E-state index < -0.39 is 5.97 Å². The van der Waals surface area contributed by atoms with Crippen molar-refractivity contribution in [3.8, 4) is 0 Å². The molecular formula is C13H12N4O3. The molecule has 7 heteroatoms.